The first-order chi connectivity index (χ1) is 19.8. The number of nitrogens with zero attached hydrogens (tertiary/aromatic N) is 2. The molecule has 1 aliphatic rings. The van der Waals surface area contributed by atoms with Crippen molar-refractivity contribution in [1.82, 2.24) is 9.97 Å². The summed E-state index contributed by atoms with van der Waals surface area (Å²) in [5.74, 6) is 0.680. The van der Waals surface area contributed by atoms with Crippen LogP contribution in [0.15, 0.2) is 115 Å². The van der Waals surface area contributed by atoms with Crippen molar-refractivity contribution in [3.63, 3.8) is 0 Å². The van der Waals surface area contributed by atoms with E-state index in [2.05, 4.69) is 143 Å². The second kappa shape index (κ2) is 9.65. The quantitative estimate of drug-likeness (QED) is 0.215. The van der Waals surface area contributed by atoms with Crippen LogP contribution in [0.4, 0.5) is 0 Å². The molecule has 5 heteroatoms. The van der Waals surface area contributed by atoms with Crippen molar-refractivity contribution in [2.75, 3.05) is 0 Å². The molecule has 1 fully saturated rings. The van der Waals surface area contributed by atoms with Gasteiger partial charge in [-0.1, -0.05) is 97.1 Å². The molecule has 0 saturated carbocycles. The highest BCUT2D eigenvalue weighted by atomic mass is 16.7. The largest absolute Gasteiger partial charge is 0.494 e. The fourth-order valence-electron chi connectivity index (χ4n) is 5.34. The summed E-state index contributed by atoms with van der Waals surface area (Å²) in [6.45, 7) is 8.28. The highest BCUT2D eigenvalue weighted by Gasteiger charge is 2.51. The van der Waals surface area contributed by atoms with E-state index in [1.165, 1.54) is 21.5 Å². The lowest BCUT2D eigenvalue weighted by atomic mass is 9.79. The Labute approximate surface area is 241 Å². The zero-order chi connectivity index (χ0) is 28.2. The Bertz CT molecular complexity index is 1800. The highest BCUT2D eigenvalue weighted by molar-refractivity contribution is 6.62. The standard InChI is InChI=1S/C36H31BN2O2/c1-35(2)36(3,4)41-37(40-35)31-19-17-26(18-20-31)34-38-32(29-15-13-24-9-5-7-11-27(24)21-29)23-33(39-34)30-16-14-25-10-6-8-12-28(25)22-30/h5-23H,1-4H3. The van der Waals surface area contributed by atoms with Gasteiger partial charge >= 0.3 is 7.12 Å². The lowest BCUT2D eigenvalue weighted by molar-refractivity contribution is 0.00578. The van der Waals surface area contributed by atoms with Crippen LogP contribution >= 0.6 is 0 Å². The van der Waals surface area contributed by atoms with Crippen molar-refractivity contribution >= 4 is 34.1 Å². The number of benzene rings is 5. The predicted octanol–water partition coefficient (Wildman–Crippen LogP) is 8.08. The molecule has 41 heavy (non-hydrogen) atoms. The Hall–Kier alpha value is -4.32. The molecule has 0 amide bonds. The Morgan fingerprint density at radius 1 is 0.488 bits per heavy atom. The van der Waals surface area contributed by atoms with E-state index >= 15 is 0 Å². The van der Waals surface area contributed by atoms with Crippen LogP contribution in [-0.4, -0.2) is 28.3 Å². The first-order valence-electron chi connectivity index (χ1n) is 14.1. The van der Waals surface area contributed by atoms with E-state index in [0.29, 0.717) is 5.82 Å². The Morgan fingerprint density at radius 3 is 1.41 bits per heavy atom. The Balaban J connectivity index is 1.32. The summed E-state index contributed by atoms with van der Waals surface area (Å²) < 4.78 is 12.5. The molecule has 7 rings (SSSR count). The molecule has 5 aromatic carbocycles. The predicted molar refractivity (Wildman–Crippen MR) is 169 cm³/mol. The average Bonchev–Trinajstić information content (AvgIpc) is 3.22. The maximum absolute atomic E-state index is 6.27. The smallest absolute Gasteiger partial charge is 0.399 e. The molecule has 0 radical (unpaired) electrons. The summed E-state index contributed by atoms with van der Waals surface area (Å²) in [7, 11) is -0.410. The van der Waals surface area contributed by atoms with Gasteiger partial charge in [-0.2, -0.15) is 0 Å². The minimum Gasteiger partial charge on any atom is -0.399 e. The van der Waals surface area contributed by atoms with Gasteiger partial charge in [0.2, 0.25) is 0 Å². The van der Waals surface area contributed by atoms with E-state index in [-0.39, 0.29) is 11.2 Å². The van der Waals surface area contributed by atoms with Crippen LogP contribution in [0.25, 0.3) is 55.4 Å². The summed E-state index contributed by atoms with van der Waals surface area (Å²) in [6, 6.07) is 40.1. The molecule has 0 bridgehead atoms. The topological polar surface area (TPSA) is 44.2 Å². The van der Waals surface area contributed by atoms with Gasteiger partial charge in [-0.25, -0.2) is 9.97 Å². The monoisotopic (exact) mass is 534 g/mol. The van der Waals surface area contributed by atoms with Crippen LogP contribution in [0.3, 0.4) is 0 Å². The van der Waals surface area contributed by atoms with Gasteiger partial charge in [0.1, 0.15) is 0 Å². The van der Waals surface area contributed by atoms with Gasteiger partial charge in [0.25, 0.3) is 0 Å². The molecule has 200 valence electrons. The molecule has 0 unspecified atom stereocenters. The molecule has 1 aromatic heterocycles. The number of hydrogen-bond donors (Lipinski definition) is 0. The van der Waals surface area contributed by atoms with Gasteiger partial charge < -0.3 is 9.31 Å². The van der Waals surface area contributed by atoms with Gasteiger partial charge in [0.15, 0.2) is 5.82 Å². The summed E-state index contributed by atoms with van der Waals surface area (Å²) in [4.78, 5) is 10.1. The Morgan fingerprint density at radius 2 is 0.927 bits per heavy atom. The van der Waals surface area contributed by atoms with Crippen LogP contribution in [0.1, 0.15) is 27.7 Å². The van der Waals surface area contributed by atoms with Crippen LogP contribution in [-0.2, 0) is 9.31 Å². The molecule has 2 heterocycles. The lowest BCUT2D eigenvalue weighted by Gasteiger charge is -2.32. The number of rotatable bonds is 4. The molecule has 0 spiro atoms. The summed E-state index contributed by atoms with van der Waals surface area (Å²) >= 11 is 0. The van der Waals surface area contributed by atoms with E-state index in [1.807, 2.05) is 0 Å². The number of aromatic nitrogens is 2. The van der Waals surface area contributed by atoms with Crippen LogP contribution < -0.4 is 5.46 Å². The van der Waals surface area contributed by atoms with E-state index in [9.17, 15) is 0 Å². The average molecular weight is 534 g/mol. The molecule has 1 aliphatic heterocycles. The van der Waals surface area contributed by atoms with Crippen molar-refractivity contribution in [2.45, 2.75) is 38.9 Å². The van der Waals surface area contributed by atoms with E-state index in [1.54, 1.807) is 0 Å². The van der Waals surface area contributed by atoms with Crippen molar-refractivity contribution in [2.24, 2.45) is 0 Å². The molecule has 6 aromatic rings. The number of fused-ring (bicyclic) bond motifs is 2. The third-order valence-electron chi connectivity index (χ3n) is 8.51. The van der Waals surface area contributed by atoms with Gasteiger partial charge in [-0.3, -0.25) is 0 Å². The van der Waals surface area contributed by atoms with Gasteiger partial charge in [-0.05, 0) is 72.9 Å². The van der Waals surface area contributed by atoms with E-state index in [4.69, 9.17) is 19.3 Å². The van der Waals surface area contributed by atoms with E-state index in [0.717, 1.165) is 33.5 Å². The summed E-state index contributed by atoms with van der Waals surface area (Å²) in [5, 5.41) is 4.78. The van der Waals surface area contributed by atoms with Gasteiger partial charge in [0, 0.05) is 16.7 Å². The SMILES string of the molecule is CC1(C)OB(c2ccc(-c3nc(-c4ccc5ccccc5c4)cc(-c4ccc5ccccc5c4)n3)cc2)OC1(C)C. The van der Waals surface area contributed by atoms with Crippen molar-refractivity contribution < 1.29 is 9.31 Å². The van der Waals surface area contributed by atoms with Crippen LogP contribution in [0.2, 0.25) is 0 Å². The zero-order valence-electron chi connectivity index (χ0n) is 23.8. The first-order valence-corrected chi connectivity index (χ1v) is 14.1. The Kier molecular flexibility index (Phi) is 6.04. The maximum Gasteiger partial charge on any atom is 0.494 e. The second-order valence-corrected chi connectivity index (χ2v) is 11.8. The maximum atomic E-state index is 6.27. The fourth-order valence-corrected chi connectivity index (χ4v) is 5.34. The molecular formula is C36H31BN2O2. The zero-order valence-corrected chi connectivity index (χ0v) is 23.8. The van der Waals surface area contributed by atoms with Gasteiger partial charge in [-0.15, -0.1) is 0 Å². The third kappa shape index (κ3) is 4.71. The van der Waals surface area contributed by atoms with E-state index < -0.39 is 7.12 Å². The normalized spacial score (nSPS) is 16.0. The molecule has 4 nitrogen and oxygen atoms in total. The first kappa shape index (κ1) is 25.6. The lowest BCUT2D eigenvalue weighted by Crippen LogP contribution is -2.41. The highest BCUT2D eigenvalue weighted by Crippen LogP contribution is 2.37. The minimum absolute atomic E-state index is 0.387. The third-order valence-corrected chi connectivity index (χ3v) is 8.51. The summed E-state index contributed by atoms with van der Waals surface area (Å²) in [6.07, 6.45) is 0. The molecule has 1 saturated heterocycles. The fraction of sp³-hybridized carbons (Fsp3) is 0.167. The summed E-state index contributed by atoms with van der Waals surface area (Å²) in [5.41, 5.74) is 5.04. The second-order valence-electron chi connectivity index (χ2n) is 11.8. The van der Waals surface area contributed by atoms with Crippen LogP contribution in [0.5, 0.6) is 0 Å². The van der Waals surface area contributed by atoms with Crippen LogP contribution in [0, 0.1) is 0 Å². The molecule has 0 aliphatic carbocycles. The number of hydrogen-bond acceptors (Lipinski definition) is 4. The van der Waals surface area contributed by atoms with Gasteiger partial charge in [0.05, 0.1) is 22.6 Å². The molecular weight excluding hydrogens is 503 g/mol. The van der Waals surface area contributed by atoms with Crippen molar-refractivity contribution in [3.05, 3.63) is 115 Å². The molecule has 0 N–H and O–H groups in total. The van der Waals surface area contributed by atoms with Crippen molar-refractivity contribution in [3.8, 4) is 33.9 Å². The van der Waals surface area contributed by atoms with Crippen molar-refractivity contribution in [1.29, 1.82) is 0 Å². The minimum atomic E-state index is -0.410. The molecule has 0 atom stereocenters.